The molecule has 1 aromatic heterocycles. The van der Waals surface area contributed by atoms with E-state index in [1.165, 1.54) is 22.0 Å². The summed E-state index contributed by atoms with van der Waals surface area (Å²) in [7, 11) is 0. The van der Waals surface area contributed by atoms with Crippen LogP contribution >= 0.6 is 0 Å². The Morgan fingerprint density at radius 3 is 3.29 bits per heavy atom. The van der Waals surface area contributed by atoms with Crippen molar-refractivity contribution in [3.8, 4) is 0 Å². The molecular weight excluding hydrogens is 260 g/mol. The van der Waals surface area contributed by atoms with E-state index < -0.39 is 0 Å². The Morgan fingerprint density at radius 2 is 2.43 bits per heavy atom. The van der Waals surface area contributed by atoms with Gasteiger partial charge in [0.2, 0.25) is 0 Å². The van der Waals surface area contributed by atoms with Gasteiger partial charge in [-0.3, -0.25) is 4.90 Å². The summed E-state index contributed by atoms with van der Waals surface area (Å²) in [6, 6.07) is 7.12. The molecule has 2 aliphatic rings. The lowest BCUT2D eigenvalue weighted by molar-refractivity contribution is 0.0572. The van der Waals surface area contributed by atoms with Crippen LogP contribution in [0, 0.1) is 5.92 Å². The minimum atomic E-state index is 0.274. The molecule has 0 unspecified atom stereocenters. The first kappa shape index (κ1) is 12.2. The first-order valence-corrected chi connectivity index (χ1v) is 8.05. The monoisotopic (exact) mass is 285 g/mol. The molecule has 2 N–H and O–H groups in total. The number of aromatic nitrogens is 1. The largest absolute Gasteiger partial charge is 0.396 e. The van der Waals surface area contributed by atoms with Crippen LogP contribution in [0.1, 0.15) is 38.2 Å². The van der Waals surface area contributed by atoms with Crippen molar-refractivity contribution in [2.75, 3.05) is 19.7 Å². The molecule has 1 fully saturated rings. The summed E-state index contributed by atoms with van der Waals surface area (Å²) in [5.41, 5.74) is 4.14. The van der Waals surface area contributed by atoms with E-state index in [-0.39, 0.29) is 6.61 Å². The van der Waals surface area contributed by atoms with Gasteiger partial charge in [-0.05, 0) is 48.9 Å². The first-order chi connectivity index (χ1) is 10.8. The highest BCUT2D eigenvalue weighted by Crippen LogP contribution is 2.44. The molecule has 3 heteroatoms. The fourth-order valence-electron chi connectivity index (χ4n) is 4.49. The number of rotatable bonds is 3. The normalized spacial score (nSPS) is 29.4. The molecule has 3 atom stereocenters. The predicted octanol–water partition coefficient (Wildman–Crippen LogP) is 2.90. The molecule has 1 aromatic carbocycles. The van der Waals surface area contributed by atoms with Gasteiger partial charge in [0.15, 0.2) is 0 Å². The van der Waals surface area contributed by atoms with E-state index in [4.69, 9.17) is 1.37 Å². The van der Waals surface area contributed by atoms with E-state index >= 15 is 0 Å². The number of nitrogens with zero attached hydrogens (tertiary/aromatic N) is 1. The zero-order valence-electron chi connectivity index (χ0n) is 13.4. The van der Waals surface area contributed by atoms with Gasteiger partial charge >= 0.3 is 0 Å². The summed E-state index contributed by atoms with van der Waals surface area (Å²) in [6.45, 7) is 2.73. The molecule has 2 heterocycles. The summed E-state index contributed by atoms with van der Waals surface area (Å²) in [5, 5.41) is 11.1. The molecule has 1 saturated heterocycles. The maximum absolute atomic E-state index is 9.70. The molecular formula is C18H24N2O. The lowest BCUT2D eigenvalue weighted by Crippen LogP contribution is -2.50. The van der Waals surface area contributed by atoms with Crippen molar-refractivity contribution >= 4 is 10.9 Å². The number of benzene rings is 1. The molecule has 0 amide bonds. The highest BCUT2D eigenvalue weighted by atomic mass is 16.3. The number of piperidine rings is 1. The van der Waals surface area contributed by atoms with Gasteiger partial charge in [-0.1, -0.05) is 19.0 Å². The Morgan fingerprint density at radius 1 is 1.48 bits per heavy atom. The molecule has 3 nitrogen and oxygen atoms in total. The highest BCUT2D eigenvalue weighted by Gasteiger charge is 2.40. The average Bonchev–Trinajstić information content (AvgIpc) is 2.97. The van der Waals surface area contributed by atoms with Crippen LogP contribution in [-0.2, 0) is 6.42 Å². The Bertz CT molecular complexity index is 668. The van der Waals surface area contributed by atoms with E-state index in [1.54, 1.807) is 0 Å². The van der Waals surface area contributed by atoms with Crippen LogP contribution in [0.5, 0.6) is 0 Å². The third-order valence-corrected chi connectivity index (χ3v) is 5.37. The van der Waals surface area contributed by atoms with E-state index in [2.05, 4.69) is 34.3 Å². The van der Waals surface area contributed by atoms with Crippen LogP contribution in [0.2, 0.25) is 0 Å². The predicted molar refractivity (Wildman–Crippen MR) is 85.6 cm³/mol. The fourth-order valence-corrected chi connectivity index (χ4v) is 4.49. The second-order valence-corrected chi connectivity index (χ2v) is 6.59. The zero-order valence-corrected chi connectivity index (χ0v) is 12.4. The Balaban J connectivity index is 1.74. The second-order valence-electron chi connectivity index (χ2n) is 6.59. The number of aliphatic hydroxyl groups is 1. The molecule has 1 aliphatic carbocycles. The van der Waals surface area contributed by atoms with Gasteiger partial charge in [0.1, 0.15) is 0 Å². The number of aliphatic hydroxyl groups excluding tert-OH is 1. The zero-order chi connectivity index (χ0) is 15.1. The molecule has 0 spiro atoms. The highest BCUT2D eigenvalue weighted by molar-refractivity contribution is 5.88. The Labute approximate surface area is 127 Å². The molecule has 0 radical (unpaired) electrons. The van der Waals surface area contributed by atoms with Crippen LogP contribution in [-0.4, -0.2) is 40.7 Å². The fraction of sp³-hybridized carbons (Fsp3) is 0.556. The number of hydrogen-bond acceptors (Lipinski definition) is 2. The maximum atomic E-state index is 9.70. The molecule has 112 valence electrons. The lowest BCUT2D eigenvalue weighted by atomic mass is 9.72. The van der Waals surface area contributed by atoms with Crippen molar-refractivity contribution in [3.05, 3.63) is 35.5 Å². The maximum Gasteiger partial charge on any atom is 0.0471 e. The summed E-state index contributed by atoms with van der Waals surface area (Å²) in [5.74, 6) is 0.881. The number of hydrogen-bond donors (Lipinski definition) is 2. The van der Waals surface area contributed by atoms with Crippen LogP contribution in [0.3, 0.4) is 0 Å². The molecule has 4 rings (SSSR count). The lowest BCUT2D eigenvalue weighted by Gasteiger charge is -2.47. The van der Waals surface area contributed by atoms with E-state index in [9.17, 15) is 5.11 Å². The van der Waals surface area contributed by atoms with Crippen molar-refractivity contribution < 1.29 is 6.48 Å². The standard InChI is InChI=1S/C18H24N2O/c1-2-6-20-10-12(11-21)7-15-14-4-3-5-16-18(14)13(9-19-16)8-17(15)20/h3-5,9,12,15,17,19,21H,2,6-8,10-11H2,1H3/t12-,15-,17-/m1/s1/i1D. The number of aromatic amines is 1. The van der Waals surface area contributed by atoms with Gasteiger partial charge in [0, 0.05) is 43.6 Å². The second kappa shape index (κ2) is 5.15. The van der Waals surface area contributed by atoms with Gasteiger partial charge < -0.3 is 10.1 Å². The number of H-pyrrole nitrogens is 1. The number of fused-ring (bicyclic) bond motifs is 2. The minimum absolute atomic E-state index is 0.274. The summed E-state index contributed by atoms with van der Waals surface area (Å²) in [6.07, 6.45) is 5.27. The van der Waals surface area contributed by atoms with Gasteiger partial charge in [-0.25, -0.2) is 0 Å². The van der Waals surface area contributed by atoms with Crippen molar-refractivity contribution in [1.82, 2.24) is 9.88 Å². The van der Waals surface area contributed by atoms with Crippen LogP contribution in [0.4, 0.5) is 0 Å². The van der Waals surface area contributed by atoms with Crippen molar-refractivity contribution in [2.24, 2.45) is 5.92 Å². The van der Waals surface area contributed by atoms with Crippen LogP contribution in [0.25, 0.3) is 10.9 Å². The van der Waals surface area contributed by atoms with E-state index in [0.717, 1.165) is 32.4 Å². The summed E-state index contributed by atoms with van der Waals surface area (Å²) < 4.78 is 7.45. The van der Waals surface area contributed by atoms with E-state index in [1.807, 2.05) is 0 Å². The molecule has 21 heavy (non-hydrogen) atoms. The SMILES string of the molecule is [2H]CCCN1C[C@H](CO)C[C@@H]2c3cccc4[nH]cc(c34)C[C@H]21. The van der Waals surface area contributed by atoms with Gasteiger partial charge in [-0.15, -0.1) is 0 Å². The summed E-state index contributed by atoms with van der Waals surface area (Å²) >= 11 is 0. The topological polar surface area (TPSA) is 39.3 Å². The van der Waals surface area contributed by atoms with Gasteiger partial charge in [-0.2, -0.15) is 0 Å². The smallest absolute Gasteiger partial charge is 0.0471 e. The molecule has 0 saturated carbocycles. The third-order valence-electron chi connectivity index (χ3n) is 5.37. The Hall–Kier alpha value is -1.32. The van der Waals surface area contributed by atoms with Gasteiger partial charge in [0.25, 0.3) is 0 Å². The molecule has 0 bridgehead atoms. The average molecular weight is 285 g/mol. The Kier molecular flexibility index (Phi) is 3.00. The van der Waals surface area contributed by atoms with Crippen LogP contribution < -0.4 is 0 Å². The van der Waals surface area contributed by atoms with Crippen molar-refractivity contribution in [2.45, 2.75) is 38.1 Å². The molecule has 2 aromatic rings. The third kappa shape index (κ3) is 2.02. The quantitative estimate of drug-likeness (QED) is 0.910. The molecule has 1 aliphatic heterocycles. The van der Waals surface area contributed by atoms with Crippen molar-refractivity contribution in [1.29, 1.82) is 0 Å². The first-order valence-electron chi connectivity index (χ1n) is 8.75. The summed E-state index contributed by atoms with van der Waals surface area (Å²) in [4.78, 5) is 5.95. The minimum Gasteiger partial charge on any atom is -0.396 e. The number of nitrogens with one attached hydrogen (secondary N) is 1. The van der Waals surface area contributed by atoms with Crippen LogP contribution in [0.15, 0.2) is 24.4 Å². The number of likely N-dealkylation sites (tertiary alicyclic amines) is 1. The van der Waals surface area contributed by atoms with Gasteiger partial charge in [0.05, 0.1) is 0 Å². The van der Waals surface area contributed by atoms with E-state index in [0.29, 0.717) is 24.8 Å². The van der Waals surface area contributed by atoms with Crippen molar-refractivity contribution in [3.63, 3.8) is 0 Å².